The van der Waals surface area contributed by atoms with Crippen LogP contribution < -0.4 is 0 Å². The van der Waals surface area contributed by atoms with Gasteiger partial charge in [0.25, 0.3) is 0 Å². The van der Waals surface area contributed by atoms with Crippen LogP contribution in [0.2, 0.25) is 0 Å². The highest BCUT2D eigenvalue weighted by atomic mass is 31.2. The Morgan fingerprint density at radius 3 is 1.53 bits per heavy atom. The molecule has 0 saturated heterocycles. The fraction of sp³-hybridized carbons (Fsp3) is 0.795. The highest BCUT2D eigenvalue weighted by Gasteiger charge is 2.26. The van der Waals surface area contributed by atoms with Crippen molar-refractivity contribution in [1.29, 1.82) is 0 Å². The lowest BCUT2D eigenvalue weighted by molar-refractivity contribution is -0.870. The summed E-state index contributed by atoms with van der Waals surface area (Å²) in [7, 11) is 1.62. The van der Waals surface area contributed by atoms with Crippen LogP contribution in [0.5, 0.6) is 0 Å². The summed E-state index contributed by atoms with van der Waals surface area (Å²) in [5.41, 5.74) is 0. The molecule has 53 heavy (non-hydrogen) atoms. The van der Waals surface area contributed by atoms with E-state index in [-0.39, 0.29) is 26.2 Å². The number of unbranched alkanes of at least 4 members (excludes halogenated alkanes) is 17. The minimum atomic E-state index is -4.29. The summed E-state index contributed by atoms with van der Waals surface area (Å²) < 4.78 is 34.8. The standard InChI is InChI=1S/C44H82NO7P/c1-6-8-10-12-14-16-18-20-21-22-23-24-26-28-30-32-34-36-39-49-41-43(42-51-53(47,48)50-40-38-45(3,4)5)52-44(46)37-35-33-31-29-27-25-19-17-15-13-11-9-7-2/h9,11,15,17,25,27,31,33,43H,6-8,10,12-14,16,18-24,26,28-30,32,34-42H2,1-5H3/p+1/b11-9-,17-15-,27-25-,33-31-. The number of carbonyl (C=O) groups excluding carboxylic acids is 1. The molecule has 0 aromatic carbocycles. The van der Waals surface area contributed by atoms with Crippen molar-refractivity contribution in [3.63, 3.8) is 0 Å². The van der Waals surface area contributed by atoms with Crippen molar-refractivity contribution in [2.24, 2.45) is 0 Å². The first kappa shape index (κ1) is 51.5. The Labute approximate surface area is 327 Å². The van der Waals surface area contributed by atoms with E-state index in [0.717, 1.165) is 38.5 Å². The average molecular weight is 769 g/mol. The van der Waals surface area contributed by atoms with Crippen LogP contribution in [0, 0.1) is 0 Å². The second-order valence-electron chi connectivity index (χ2n) is 15.3. The number of rotatable bonds is 39. The molecule has 0 fully saturated rings. The topological polar surface area (TPSA) is 91.3 Å². The number of allylic oxidation sites excluding steroid dienone is 8. The third-order valence-corrected chi connectivity index (χ3v) is 9.90. The predicted octanol–water partition coefficient (Wildman–Crippen LogP) is 12.4. The average Bonchev–Trinajstić information content (AvgIpc) is 3.11. The van der Waals surface area contributed by atoms with Crippen LogP contribution in [0.15, 0.2) is 48.6 Å². The van der Waals surface area contributed by atoms with Crippen molar-refractivity contribution in [1.82, 2.24) is 0 Å². The molecule has 0 aromatic heterocycles. The maximum absolute atomic E-state index is 12.6. The van der Waals surface area contributed by atoms with E-state index >= 15 is 0 Å². The monoisotopic (exact) mass is 769 g/mol. The molecule has 310 valence electrons. The minimum absolute atomic E-state index is 0.0759. The van der Waals surface area contributed by atoms with Crippen molar-refractivity contribution in [3.8, 4) is 0 Å². The number of quaternary nitrogens is 1. The van der Waals surface area contributed by atoms with Crippen molar-refractivity contribution in [2.75, 3.05) is 54.1 Å². The molecular formula is C44H83NO7P+. The van der Waals surface area contributed by atoms with Gasteiger partial charge in [-0.1, -0.05) is 172 Å². The van der Waals surface area contributed by atoms with E-state index in [1.807, 2.05) is 33.3 Å². The molecule has 0 spiro atoms. The molecule has 0 aliphatic carbocycles. The van der Waals surface area contributed by atoms with Crippen molar-refractivity contribution in [2.45, 2.75) is 174 Å². The smallest absolute Gasteiger partial charge is 0.457 e. The Kier molecular flexibility index (Phi) is 36.3. The summed E-state index contributed by atoms with van der Waals surface area (Å²) in [4.78, 5) is 22.8. The summed E-state index contributed by atoms with van der Waals surface area (Å²) in [5, 5.41) is 0. The molecule has 0 heterocycles. The van der Waals surface area contributed by atoms with Gasteiger partial charge >= 0.3 is 13.8 Å². The summed E-state index contributed by atoms with van der Waals surface area (Å²) in [5.74, 6) is -0.392. The van der Waals surface area contributed by atoms with Crippen molar-refractivity contribution < 1.29 is 37.3 Å². The van der Waals surface area contributed by atoms with Gasteiger partial charge in [-0.15, -0.1) is 0 Å². The van der Waals surface area contributed by atoms with Crippen molar-refractivity contribution in [3.05, 3.63) is 48.6 Å². The molecule has 0 aliphatic rings. The van der Waals surface area contributed by atoms with E-state index in [9.17, 15) is 14.3 Å². The maximum atomic E-state index is 12.6. The van der Waals surface area contributed by atoms with Gasteiger partial charge in [-0.25, -0.2) is 4.57 Å². The van der Waals surface area contributed by atoms with E-state index in [2.05, 4.69) is 50.3 Å². The number of phosphoric ester groups is 1. The number of nitrogens with zero attached hydrogens (tertiary/aromatic N) is 1. The Bertz CT molecular complexity index is 989. The molecule has 0 amide bonds. The summed E-state index contributed by atoms with van der Waals surface area (Å²) in [6.07, 6.45) is 44.5. The molecule has 2 atom stereocenters. The molecule has 0 radical (unpaired) electrons. The zero-order chi connectivity index (χ0) is 39.1. The van der Waals surface area contributed by atoms with E-state index in [4.69, 9.17) is 18.5 Å². The van der Waals surface area contributed by atoms with Gasteiger partial charge in [0.1, 0.15) is 19.3 Å². The van der Waals surface area contributed by atoms with Crippen molar-refractivity contribution >= 4 is 13.8 Å². The van der Waals surface area contributed by atoms with Gasteiger partial charge in [-0.2, -0.15) is 0 Å². The number of hydrogen-bond acceptors (Lipinski definition) is 6. The third-order valence-electron chi connectivity index (χ3n) is 8.92. The van der Waals surface area contributed by atoms with Gasteiger partial charge < -0.3 is 18.9 Å². The highest BCUT2D eigenvalue weighted by molar-refractivity contribution is 7.47. The number of carbonyl (C=O) groups is 1. The Balaban J connectivity index is 4.28. The second kappa shape index (κ2) is 37.4. The number of likely N-dealkylation sites (N-methyl/N-ethyl adjacent to an activating group) is 1. The molecular weight excluding hydrogens is 685 g/mol. The first-order valence-electron chi connectivity index (χ1n) is 21.4. The highest BCUT2D eigenvalue weighted by Crippen LogP contribution is 2.43. The molecule has 0 aliphatic heterocycles. The fourth-order valence-electron chi connectivity index (χ4n) is 5.62. The number of ether oxygens (including phenoxy) is 2. The van der Waals surface area contributed by atoms with Crippen LogP contribution in [-0.2, 0) is 27.9 Å². The maximum Gasteiger partial charge on any atom is 0.472 e. The van der Waals surface area contributed by atoms with E-state index < -0.39 is 19.9 Å². The Hall–Kier alpha value is -1.54. The lowest BCUT2D eigenvalue weighted by Gasteiger charge is -2.24. The third kappa shape index (κ3) is 41.5. The Morgan fingerprint density at radius 1 is 0.604 bits per heavy atom. The van der Waals surface area contributed by atoms with Gasteiger partial charge in [0.15, 0.2) is 0 Å². The molecule has 1 N–H and O–H groups in total. The molecule has 9 heteroatoms. The molecule has 0 saturated carbocycles. The van der Waals surface area contributed by atoms with Gasteiger partial charge in [0.2, 0.25) is 0 Å². The summed E-state index contributed by atoms with van der Waals surface area (Å²) in [6.45, 7) is 5.42. The quantitative estimate of drug-likeness (QED) is 0.0219. The van der Waals surface area contributed by atoms with E-state index in [0.29, 0.717) is 24.1 Å². The zero-order valence-electron chi connectivity index (χ0n) is 35.0. The van der Waals surface area contributed by atoms with Gasteiger partial charge in [0, 0.05) is 13.0 Å². The summed E-state index contributed by atoms with van der Waals surface area (Å²) >= 11 is 0. The van der Waals surface area contributed by atoms with Crippen LogP contribution in [0.4, 0.5) is 0 Å². The lowest BCUT2D eigenvalue weighted by Crippen LogP contribution is -2.37. The molecule has 0 bridgehead atoms. The lowest BCUT2D eigenvalue weighted by atomic mass is 10.0. The van der Waals surface area contributed by atoms with Crippen LogP contribution in [0.25, 0.3) is 0 Å². The molecule has 8 nitrogen and oxygen atoms in total. The van der Waals surface area contributed by atoms with Gasteiger partial charge in [-0.05, 0) is 38.5 Å². The first-order chi connectivity index (χ1) is 25.6. The van der Waals surface area contributed by atoms with E-state index in [1.54, 1.807) is 0 Å². The predicted molar refractivity (Wildman–Crippen MR) is 224 cm³/mol. The second-order valence-corrected chi connectivity index (χ2v) is 16.8. The van der Waals surface area contributed by atoms with Crippen LogP contribution in [0.1, 0.15) is 168 Å². The number of esters is 1. The van der Waals surface area contributed by atoms with E-state index in [1.165, 1.54) is 103 Å². The van der Waals surface area contributed by atoms with Crippen LogP contribution >= 0.6 is 7.82 Å². The number of hydrogen-bond donors (Lipinski definition) is 1. The fourth-order valence-corrected chi connectivity index (χ4v) is 6.37. The minimum Gasteiger partial charge on any atom is -0.457 e. The Morgan fingerprint density at radius 2 is 1.06 bits per heavy atom. The normalized spacial score (nSPS) is 14.3. The first-order valence-corrected chi connectivity index (χ1v) is 22.9. The molecule has 2 unspecified atom stereocenters. The zero-order valence-corrected chi connectivity index (χ0v) is 35.9. The van der Waals surface area contributed by atoms with Crippen LogP contribution in [-0.4, -0.2) is 75.6 Å². The van der Waals surface area contributed by atoms with Crippen LogP contribution in [0.3, 0.4) is 0 Å². The molecule has 0 aromatic rings. The molecule has 0 rings (SSSR count). The van der Waals surface area contributed by atoms with Gasteiger partial charge in [-0.3, -0.25) is 13.8 Å². The van der Waals surface area contributed by atoms with Gasteiger partial charge in [0.05, 0.1) is 34.4 Å². The number of phosphoric acid groups is 1. The largest absolute Gasteiger partial charge is 0.472 e. The SMILES string of the molecule is CC/C=C\C/C=C\C/C=C\C/C=C\CCC(=O)OC(COCCCCCCCCCCCCCCCCCCCC)COP(=O)(O)OCC[N+](C)(C)C. The summed E-state index contributed by atoms with van der Waals surface area (Å²) in [6, 6.07) is 0.